The molecule has 1 fully saturated rings. The first kappa shape index (κ1) is 25.7. The molecule has 0 radical (unpaired) electrons. The number of nitrogens with zero attached hydrogens (tertiary/aromatic N) is 2. The van der Waals surface area contributed by atoms with Gasteiger partial charge in [-0.15, -0.1) is 0 Å². The van der Waals surface area contributed by atoms with Crippen LogP contribution in [0.1, 0.15) is 78.3 Å². The average Bonchev–Trinajstić information content (AvgIpc) is 3.54. The number of amides is 1. The number of benzene rings is 2. The number of ether oxygens (including phenoxy) is 1. The Balaban J connectivity index is 1.54. The predicted octanol–water partition coefficient (Wildman–Crippen LogP) is 7.24. The van der Waals surface area contributed by atoms with Crippen LogP contribution < -0.4 is 10.1 Å². The molecule has 1 aliphatic rings. The van der Waals surface area contributed by atoms with E-state index in [0.717, 1.165) is 46.4 Å². The molecule has 5 nitrogen and oxygen atoms in total. The van der Waals surface area contributed by atoms with Crippen LogP contribution in [0.2, 0.25) is 0 Å². The molecule has 2 aromatic carbocycles. The van der Waals surface area contributed by atoms with Gasteiger partial charge in [0, 0.05) is 35.5 Å². The Hall–Kier alpha value is -3.93. The van der Waals surface area contributed by atoms with Crippen molar-refractivity contribution >= 4 is 22.9 Å². The van der Waals surface area contributed by atoms with Crippen LogP contribution in [0.5, 0.6) is 5.75 Å². The summed E-state index contributed by atoms with van der Waals surface area (Å²) >= 11 is 0. The molecule has 0 unspecified atom stereocenters. The van der Waals surface area contributed by atoms with E-state index < -0.39 is 0 Å². The second kappa shape index (κ2) is 11.2. The Labute approximate surface area is 223 Å². The van der Waals surface area contributed by atoms with E-state index in [4.69, 9.17) is 4.74 Å². The number of halogens is 1. The summed E-state index contributed by atoms with van der Waals surface area (Å²) in [4.78, 5) is 18.3. The van der Waals surface area contributed by atoms with Crippen LogP contribution in [0.4, 0.5) is 4.39 Å². The molecule has 1 N–H and O–H groups in total. The molecule has 1 saturated carbocycles. The first-order valence-corrected chi connectivity index (χ1v) is 13.4. The highest BCUT2D eigenvalue weighted by molar-refractivity contribution is 6.09. The van der Waals surface area contributed by atoms with Gasteiger partial charge in [-0.05, 0) is 73.6 Å². The summed E-state index contributed by atoms with van der Waals surface area (Å²) in [5.41, 5.74) is 4.71. The maximum atomic E-state index is 13.9. The largest absolute Gasteiger partial charge is 0.490 e. The molecule has 1 amide bonds. The number of aromatic nitrogens is 2. The highest BCUT2D eigenvalue weighted by atomic mass is 19.1. The Morgan fingerprint density at radius 1 is 1.18 bits per heavy atom. The number of hydrogen-bond donors (Lipinski definition) is 1. The third-order valence-corrected chi connectivity index (χ3v) is 7.23. The van der Waals surface area contributed by atoms with Gasteiger partial charge in [0.05, 0.1) is 29.4 Å². The molecular formula is C32H34FN3O2. The van der Waals surface area contributed by atoms with Gasteiger partial charge in [0.1, 0.15) is 11.6 Å². The number of carbonyl (C=O) groups is 1. The van der Waals surface area contributed by atoms with Crippen molar-refractivity contribution in [1.29, 1.82) is 0 Å². The Kier molecular flexibility index (Phi) is 7.59. The molecule has 2 aromatic heterocycles. The van der Waals surface area contributed by atoms with Crippen LogP contribution in [-0.4, -0.2) is 21.6 Å². The molecule has 6 heteroatoms. The Bertz CT molecular complexity index is 1450. The van der Waals surface area contributed by atoms with Crippen molar-refractivity contribution < 1.29 is 13.9 Å². The molecule has 1 aliphatic carbocycles. The lowest BCUT2D eigenvalue weighted by atomic mass is 10.0. The van der Waals surface area contributed by atoms with Gasteiger partial charge in [0.25, 0.3) is 5.91 Å². The maximum absolute atomic E-state index is 13.9. The van der Waals surface area contributed by atoms with Gasteiger partial charge >= 0.3 is 0 Å². The molecule has 4 aromatic rings. The quantitative estimate of drug-likeness (QED) is 0.258. The summed E-state index contributed by atoms with van der Waals surface area (Å²) in [6, 6.07) is 16.7. The summed E-state index contributed by atoms with van der Waals surface area (Å²) in [6.45, 7) is 8.71. The van der Waals surface area contributed by atoms with Crippen molar-refractivity contribution in [2.45, 2.75) is 64.6 Å². The molecule has 38 heavy (non-hydrogen) atoms. The first-order valence-electron chi connectivity index (χ1n) is 13.4. The summed E-state index contributed by atoms with van der Waals surface area (Å²) in [5.74, 6) is 0.428. The summed E-state index contributed by atoms with van der Waals surface area (Å²) in [5, 5.41) is 3.95. The van der Waals surface area contributed by atoms with Crippen molar-refractivity contribution in [2.75, 3.05) is 0 Å². The molecule has 196 valence electrons. The lowest BCUT2D eigenvalue weighted by Gasteiger charge is -2.16. The minimum absolute atomic E-state index is 0.0873. The second-order valence-corrected chi connectivity index (χ2v) is 10.3. The van der Waals surface area contributed by atoms with Crippen molar-refractivity contribution in [3.8, 4) is 5.75 Å². The minimum atomic E-state index is -0.328. The van der Waals surface area contributed by atoms with Crippen LogP contribution in [0.25, 0.3) is 17.0 Å². The summed E-state index contributed by atoms with van der Waals surface area (Å²) in [7, 11) is 0. The fourth-order valence-electron chi connectivity index (χ4n) is 5.41. The zero-order valence-electron chi connectivity index (χ0n) is 22.0. The van der Waals surface area contributed by atoms with E-state index >= 15 is 0 Å². The van der Waals surface area contributed by atoms with Crippen molar-refractivity contribution in [3.05, 3.63) is 101 Å². The Morgan fingerprint density at radius 3 is 2.71 bits per heavy atom. The van der Waals surface area contributed by atoms with E-state index in [2.05, 4.69) is 41.4 Å². The first-order chi connectivity index (χ1) is 18.4. The van der Waals surface area contributed by atoms with Crippen LogP contribution >= 0.6 is 0 Å². The van der Waals surface area contributed by atoms with Gasteiger partial charge < -0.3 is 14.6 Å². The third-order valence-electron chi connectivity index (χ3n) is 7.23. The van der Waals surface area contributed by atoms with E-state index in [1.165, 1.54) is 25.0 Å². The van der Waals surface area contributed by atoms with Gasteiger partial charge in [-0.1, -0.05) is 38.6 Å². The molecule has 0 atom stereocenters. The number of carbonyl (C=O) groups excluding carboxylic acids is 1. The number of nitrogens with one attached hydrogen (secondary N) is 1. The summed E-state index contributed by atoms with van der Waals surface area (Å²) < 4.78 is 22.4. The number of hydrogen-bond acceptors (Lipinski definition) is 3. The van der Waals surface area contributed by atoms with Gasteiger partial charge in [0.15, 0.2) is 0 Å². The highest BCUT2D eigenvalue weighted by Gasteiger charge is 2.26. The van der Waals surface area contributed by atoms with Gasteiger partial charge in [-0.25, -0.2) is 4.39 Å². The zero-order valence-corrected chi connectivity index (χ0v) is 22.0. The van der Waals surface area contributed by atoms with Gasteiger partial charge in [0.2, 0.25) is 0 Å². The fourth-order valence-corrected chi connectivity index (χ4v) is 5.41. The van der Waals surface area contributed by atoms with Crippen molar-refractivity contribution in [2.24, 2.45) is 0 Å². The van der Waals surface area contributed by atoms with Crippen molar-refractivity contribution in [3.63, 3.8) is 0 Å². The minimum Gasteiger partial charge on any atom is -0.490 e. The fraction of sp³-hybridized carbons (Fsp3) is 0.312. The lowest BCUT2D eigenvalue weighted by Crippen LogP contribution is -2.24. The molecular weight excluding hydrogens is 477 g/mol. The lowest BCUT2D eigenvalue weighted by molar-refractivity contribution is 0.0951. The second-order valence-electron chi connectivity index (χ2n) is 10.3. The van der Waals surface area contributed by atoms with Crippen LogP contribution in [0.15, 0.2) is 67.4 Å². The monoisotopic (exact) mass is 511 g/mol. The Morgan fingerprint density at radius 2 is 2.00 bits per heavy atom. The number of rotatable bonds is 9. The summed E-state index contributed by atoms with van der Waals surface area (Å²) in [6.07, 6.45) is 8.08. The number of fused-ring (bicyclic) bond motifs is 1. The van der Waals surface area contributed by atoms with Gasteiger partial charge in [-0.3, -0.25) is 9.78 Å². The van der Waals surface area contributed by atoms with Crippen LogP contribution in [-0.2, 0) is 13.1 Å². The number of pyridine rings is 1. The maximum Gasteiger partial charge on any atom is 0.254 e. The van der Waals surface area contributed by atoms with E-state index in [1.54, 1.807) is 18.3 Å². The molecule has 2 heterocycles. The standard InChI is InChI=1S/C32H34FN3O2/c1-4-23-17-22(12-15-28(23)33)19-35-32(37)30-27-14-13-26(38-25-10-5-6-11-25)18-29(27)36(31(30)21(2)3)20-24-9-7-8-16-34-24/h4,7-9,12-18,21,25H,1,5-6,10-11,19-20H2,2-3H3,(H,35,37). The van der Waals surface area contributed by atoms with Crippen molar-refractivity contribution in [1.82, 2.24) is 14.9 Å². The smallest absolute Gasteiger partial charge is 0.254 e. The normalized spacial score (nSPS) is 13.8. The molecule has 0 spiro atoms. The van der Waals surface area contributed by atoms with E-state index in [9.17, 15) is 9.18 Å². The molecule has 0 bridgehead atoms. The van der Waals surface area contributed by atoms with Crippen LogP contribution in [0.3, 0.4) is 0 Å². The van der Waals surface area contributed by atoms with E-state index in [-0.39, 0.29) is 30.3 Å². The van der Waals surface area contributed by atoms with E-state index in [0.29, 0.717) is 17.7 Å². The predicted molar refractivity (Wildman–Crippen MR) is 150 cm³/mol. The average molecular weight is 512 g/mol. The van der Waals surface area contributed by atoms with Gasteiger partial charge in [-0.2, -0.15) is 0 Å². The molecule has 5 rings (SSSR count). The highest BCUT2D eigenvalue weighted by Crippen LogP contribution is 2.35. The van der Waals surface area contributed by atoms with E-state index in [1.807, 2.05) is 30.3 Å². The van der Waals surface area contributed by atoms with Crippen LogP contribution in [0, 0.1) is 5.82 Å². The SMILES string of the molecule is C=Cc1cc(CNC(=O)c2c(C(C)C)n(Cc3ccccn3)c3cc(OC4CCCC4)ccc23)ccc1F. The third kappa shape index (κ3) is 5.35. The zero-order chi connectivity index (χ0) is 26.6. The molecule has 0 saturated heterocycles. The topological polar surface area (TPSA) is 56.2 Å². The molecule has 0 aliphatic heterocycles.